The van der Waals surface area contributed by atoms with Gasteiger partial charge >= 0.3 is 0 Å². The van der Waals surface area contributed by atoms with Gasteiger partial charge in [0.1, 0.15) is 0 Å². The Labute approximate surface area is 53.9 Å². The molecule has 0 amide bonds. The van der Waals surface area contributed by atoms with Crippen LogP contribution < -0.4 is 0 Å². The first-order chi connectivity index (χ1) is 3.83. The van der Waals surface area contributed by atoms with Crippen molar-refractivity contribution in [3.63, 3.8) is 0 Å². The second-order valence-corrected chi connectivity index (χ2v) is 2.10. The highest BCUT2D eigenvalue weighted by atomic mass is 35.5. The first-order valence-corrected chi connectivity index (χ1v) is 3.02. The molecule has 0 fully saturated rings. The molecule has 0 spiro atoms. The molecule has 1 aromatic heterocycles. The van der Waals surface area contributed by atoms with Gasteiger partial charge in [0.15, 0.2) is 0 Å². The standard InChI is InChI=1S/C6H8ClN/c1-2-8-4-3-6(7)5-8/h3-5H,2H2,1H3. The van der Waals surface area contributed by atoms with Gasteiger partial charge in [-0.25, -0.2) is 0 Å². The molecule has 0 bridgehead atoms. The van der Waals surface area contributed by atoms with Crippen molar-refractivity contribution in [1.29, 1.82) is 0 Å². The van der Waals surface area contributed by atoms with E-state index < -0.39 is 0 Å². The largest absolute Gasteiger partial charge is 0.353 e. The van der Waals surface area contributed by atoms with Crippen molar-refractivity contribution in [3.8, 4) is 0 Å². The summed E-state index contributed by atoms with van der Waals surface area (Å²) in [6.07, 6.45) is 3.86. The molecule has 1 nitrogen and oxygen atoms in total. The lowest BCUT2D eigenvalue weighted by Gasteiger charge is -1.90. The average Bonchev–Trinajstić information content (AvgIpc) is 2.14. The number of rotatable bonds is 1. The predicted octanol–water partition coefficient (Wildman–Crippen LogP) is 2.16. The van der Waals surface area contributed by atoms with E-state index in [2.05, 4.69) is 6.92 Å². The lowest BCUT2D eigenvalue weighted by molar-refractivity contribution is 0.769. The third-order valence-electron chi connectivity index (χ3n) is 1.08. The fraction of sp³-hybridized carbons (Fsp3) is 0.333. The van der Waals surface area contributed by atoms with Crippen molar-refractivity contribution in [2.45, 2.75) is 13.5 Å². The predicted molar refractivity (Wildman–Crippen MR) is 35.1 cm³/mol. The minimum absolute atomic E-state index is 0.812. The molecule has 0 aliphatic rings. The highest BCUT2D eigenvalue weighted by Gasteiger charge is 1.86. The van der Waals surface area contributed by atoms with Gasteiger partial charge in [-0.05, 0) is 13.0 Å². The molecule has 2 heteroatoms. The van der Waals surface area contributed by atoms with Crippen LogP contribution in [0.3, 0.4) is 0 Å². The minimum Gasteiger partial charge on any atom is -0.353 e. The van der Waals surface area contributed by atoms with E-state index in [9.17, 15) is 0 Å². The second-order valence-electron chi connectivity index (χ2n) is 1.66. The summed E-state index contributed by atoms with van der Waals surface area (Å²) in [5.74, 6) is 0. The summed E-state index contributed by atoms with van der Waals surface area (Å²) in [6.45, 7) is 3.07. The Morgan fingerprint density at radius 3 is 2.75 bits per heavy atom. The molecule has 0 N–H and O–H groups in total. The molecule has 0 aliphatic carbocycles. The van der Waals surface area contributed by atoms with Crippen LogP contribution in [0.15, 0.2) is 18.5 Å². The molecule has 0 unspecified atom stereocenters. The Hall–Kier alpha value is -0.430. The third-order valence-corrected chi connectivity index (χ3v) is 1.30. The number of hydrogen-bond donors (Lipinski definition) is 0. The van der Waals surface area contributed by atoms with E-state index in [1.807, 2.05) is 23.0 Å². The molecule has 8 heavy (non-hydrogen) atoms. The van der Waals surface area contributed by atoms with E-state index >= 15 is 0 Å². The normalized spacial score (nSPS) is 9.75. The number of nitrogens with zero attached hydrogens (tertiary/aromatic N) is 1. The molecule has 0 aromatic carbocycles. The van der Waals surface area contributed by atoms with E-state index in [0.29, 0.717) is 0 Å². The first-order valence-electron chi connectivity index (χ1n) is 2.64. The lowest BCUT2D eigenvalue weighted by Crippen LogP contribution is -1.85. The van der Waals surface area contributed by atoms with E-state index in [1.54, 1.807) is 0 Å². The summed E-state index contributed by atoms with van der Waals surface area (Å²) in [4.78, 5) is 0. The fourth-order valence-corrected chi connectivity index (χ4v) is 0.790. The lowest BCUT2D eigenvalue weighted by atomic mass is 10.7. The van der Waals surface area contributed by atoms with Crippen LogP contribution in [0.4, 0.5) is 0 Å². The van der Waals surface area contributed by atoms with Crippen molar-refractivity contribution in [1.82, 2.24) is 4.57 Å². The van der Waals surface area contributed by atoms with Crippen LogP contribution >= 0.6 is 11.6 Å². The van der Waals surface area contributed by atoms with Gasteiger partial charge in [-0.15, -0.1) is 0 Å². The second kappa shape index (κ2) is 2.23. The van der Waals surface area contributed by atoms with Gasteiger partial charge in [0.05, 0.1) is 5.02 Å². The van der Waals surface area contributed by atoms with Crippen LogP contribution in [0.2, 0.25) is 5.02 Å². The quantitative estimate of drug-likeness (QED) is 0.548. The van der Waals surface area contributed by atoms with Crippen LogP contribution in [0, 0.1) is 0 Å². The highest BCUT2D eigenvalue weighted by molar-refractivity contribution is 6.30. The van der Waals surface area contributed by atoms with Gasteiger partial charge in [-0.1, -0.05) is 11.6 Å². The first kappa shape index (κ1) is 5.70. The monoisotopic (exact) mass is 129 g/mol. The van der Waals surface area contributed by atoms with E-state index in [1.165, 1.54) is 0 Å². The van der Waals surface area contributed by atoms with Gasteiger partial charge in [-0.2, -0.15) is 0 Å². The number of aryl methyl sites for hydroxylation is 1. The molecule has 0 saturated carbocycles. The summed E-state index contributed by atoms with van der Waals surface area (Å²) in [5, 5.41) is 0.812. The molecule has 0 saturated heterocycles. The molecule has 0 radical (unpaired) electrons. The van der Waals surface area contributed by atoms with Crippen molar-refractivity contribution in [2.24, 2.45) is 0 Å². The summed E-state index contributed by atoms with van der Waals surface area (Å²) < 4.78 is 2.03. The van der Waals surface area contributed by atoms with Gasteiger partial charge < -0.3 is 4.57 Å². The Morgan fingerprint density at radius 2 is 2.50 bits per heavy atom. The van der Waals surface area contributed by atoms with Crippen LogP contribution in [0.1, 0.15) is 6.92 Å². The minimum atomic E-state index is 0.812. The summed E-state index contributed by atoms with van der Waals surface area (Å²) in [7, 11) is 0. The molecule has 0 aliphatic heterocycles. The number of hydrogen-bond acceptors (Lipinski definition) is 0. The third kappa shape index (κ3) is 1.04. The van der Waals surface area contributed by atoms with E-state index in [4.69, 9.17) is 11.6 Å². The van der Waals surface area contributed by atoms with Crippen molar-refractivity contribution in [2.75, 3.05) is 0 Å². The van der Waals surface area contributed by atoms with Gasteiger partial charge in [0, 0.05) is 18.9 Å². The smallest absolute Gasteiger partial charge is 0.0582 e. The maximum absolute atomic E-state index is 5.62. The Kier molecular flexibility index (Phi) is 1.59. The molecular formula is C6H8ClN. The zero-order valence-corrected chi connectivity index (χ0v) is 5.52. The van der Waals surface area contributed by atoms with Crippen molar-refractivity contribution < 1.29 is 0 Å². The maximum Gasteiger partial charge on any atom is 0.0582 e. The average molecular weight is 130 g/mol. The topological polar surface area (TPSA) is 4.93 Å². The summed E-state index contributed by atoms with van der Waals surface area (Å²) in [5.41, 5.74) is 0. The van der Waals surface area contributed by atoms with Crippen LogP contribution in [0.5, 0.6) is 0 Å². The zero-order chi connectivity index (χ0) is 5.98. The fourth-order valence-electron chi connectivity index (χ4n) is 0.608. The Morgan fingerprint density at radius 1 is 1.75 bits per heavy atom. The van der Waals surface area contributed by atoms with Gasteiger partial charge in [-0.3, -0.25) is 0 Å². The Balaban J connectivity index is 2.84. The van der Waals surface area contributed by atoms with Crippen LogP contribution in [-0.4, -0.2) is 4.57 Å². The molecule has 1 rings (SSSR count). The maximum atomic E-state index is 5.62. The van der Waals surface area contributed by atoms with Crippen LogP contribution in [-0.2, 0) is 6.54 Å². The SMILES string of the molecule is CCn1ccc(Cl)c1. The van der Waals surface area contributed by atoms with Gasteiger partial charge in [0.2, 0.25) is 0 Å². The van der Waals surface area contributed by atoms with E-state index in [-0.39, 0.29) is 0 Å². The Bertz CT molecular complexity index is 169. The summed E-state index contributed by atoms with van der Waals surface area (Å²) >= 11 is 5.62. The van der Waals surface area contributed by atoms with Crippen molar-refractivity contribution >= 4 is 11.6 Å². The number of aromatic nitrogens is 1. The molecular weight excluding hydrogens is 122 g/mol. The zero-order valence-electron chi connectivity index (χ0n) is 4.76. The number of halogens is 1. The molecule has 0 atom stereocenters. The molecule has 44 valence electrons. The highest BCUT2D eigenvalue weighted by Crippen LogP contribution is 2.06. The molecule has 1 heterocycles. The van der Waals surface area contributed by atoms with Crippen LogP contribution in [0.25, 0.3) is 0 Å². The van der Waals surface area contributed by atoms with E-state index in [0.717, 1.165) is 11.6 Å². The molecule has 1 aromatic rings. The summed E-state index contributed by atoms with van der Waals surface area (Å²) in [6, 6.07) is 1.88. The van der Waals surface area contributed by atoms with Gasteiger partial charge in [0.25, 0.3) is 0 Å². The van der Waals surface area contributed by atoms with Crippen molar-refractivity contribution in [3.05, 3.63) is 23.5 Å².